The monoisotopic (exact) mass is 1170 g/mol. The standard InChI is InChI=1S/C3Cl3N3O3.4C3HCl2N3O3.4K/c4-7-1(10)8(5)3(12)9(6)2(7)11;4*4-7-1(9)6-2(10)8(5)3(7)11;;;;/h;4*(H,6,9,10);;;;/q;;;;;4*+1. The van der Waals surface area contributed by atoms with Gasteiger partial charge in [-0.1, -0.05) is 0 Å². The van der Waals surface area contributed by atoms with Gasteiger partial charge in [-0.05, 0) is 0 Å². The van der Waals surface area contributed by atoms with Gasteiger partial charge < -0.3 is 0 Å². The van der Waals surface area contributed by atoms with Gasteiger partial charge in [-0.2, -0.15) is 0 Å². The van der Waals surface area contributed by atoms with Gasteiger partial charge >= 0.3 is 291 Å². The van der Waals surface area contributed by atoms with Crippen LogP contribution in [0.15, 0.2) is 71.9 Å². The third-order valence-corrected chi connectivity index (χ3v) is 7.89. The summed E-state index contributed by atoms with van der Waals surface area (Å²) in [7, 11) is 0. The Hall–Kier alpha value is 1.79. The Morgan fingerprint density at radius 1 is 0.200 bits per heavy atom. The molecule has 30 nitrogen and oxygen atoms in total. The molecule has 0 spiro atoms. The van der Waals surface area contributed by atoms with Crippen molar-refractivity contribution in [2.45, 2.75) is 0 Å². The summed E-state index contributed by atoms with van der Waals surface area (Å²) in [5.74, 6) is 0. The second-order valence-corrected chi connectivity index (χ2v) is 11.7. The fraction of sp³-hybridized carbons (Fsp3) is 0. The van der Waals surface area contributed by atoms with Gasteiger partial charge in [0.25, 0.3) is 0 Å². The van der Waals surface area contributed by atoms with Crippen molar-refractivity contribution in [2.75, 3.05) is 0 Å². The number of hydrogen-bond acceptors (Lipinski definition) is 15. The van der Waals surface area contributed by atoms with Crippen molar-refractivity contribution in [3.8, 4) is 0 Å². The van der Waals surface area contributed by atoms with E-state index in [2.05, 4.69) is 0 Å². The van der Waals surface area contributed by atoms with Crippen molar-refractivity contribution in [1.29, 1.82) is 0 Å². The Kier molecular flexibility index (Phi) is 35.3. The van der Waals surface area contributed by atoms with Crippen LogP contribution in [0.3, 0.4) is 0 Å². The van der Waals surface area contributed by atoms with E-state index in [0.29, 0.717) is 0 Å². The molecule has 0 bridgehead atoms. The molecule has 0 unspecified atom stereocenters. The fourth-order valence-electron chi connectivity index (χ4n) is 2.24. The number of nitrogens with zero attached hydrogens (tertiary/aromatic N) is 11. The van der Waals surface area contributed by atoms with Crippen LogP contribution in [-0.4, -0.2) is 64.9 Å². The Labute approximate surface area is 545 Å². The van der Waals surface area contributed by atoms with Crippen molar-refractivity contribution in [1.82, 2.24) is 64.9 Å². The summed E-state index contributed by atoms with van der Waals surface area (Å²) >= 11 is 55.9. The molecule has 0 fully saturated rings. The maximum atomic E-state index is 10.8. The van der Waals surface area contributed by atoms with Crippen LogP contribution in [0.1, 0.15) is 0 Å². The van der Waals surface area contributed by atoms with Crippen LogP contribution >= 0.6 is 130 Å². The van der Waals surface area contributed by atoms with E-state index in [0.717, 1.165) is 0 Å². The number of rotatable bonds is 0. The molecule has 5 aromatic rings. The van der Waals surface area contributed by atoms with E-state index in [4.69, 9.17) is 130 Å². The molecule has 0 saturated heterocycles. The van der Waals surface area contributed by atoms with E-state index in [1.165, 1.54) is 0 Å². The number of halogens is 11. The van der Waals surface area contributed by atoms with Gasteiger partial charge in [0.2, 0.25) is 0 Å². The Morgan fingerprint density at radius 2 is 0.283 bits per heavy atom. The molecule has 0 aliphatic heterocycles. The van der Waals surface area contributed by atoms with E-state index in [9.17, 15) is 71.9 Å². The molecular formula is C15H4Cl11K4N15O15+4. The SMILES string of the molecule is O=c1[nH]c(=O)n(Cl)c(=O)n1Cl.O=c1[nH]c(=O)n(Cl)c(=O)n1Cl.O=c1[nH]c(=O)n(Cl)c(=O)n1Cl.O=c1[nH]c(=O)n(Cl)c(=O)n1Cl.O=c1n(Cl)c(=O)n(Cl)c(=O)n1Cl.[K+].[K+].[K+].[K+]. The molecular weight excluding hydrogens is 1180 g/mol. The van der Waals surface area contributed by atoms with Gasteiger partial charge in [-0.25, -0.2) is 71.9 Å². The van der Waals surface area contributed by atoms with Crippen LogP contribution in [0.25, 0.3) is 0 Å². The molecule has 5 aromatic heterocycles. The maximum absolute atomic E-state index is 10.8. The van der Waals surface area contributed by atoms with Crippen molar-refractivity contribution in [3.05, 3.63) is 157 Å². The van der Waals surface area contributed by atoms with Crippen LogP contribution in [0.4, 0.5) is 0 Å². The minimum atomic E-state index is -1.16. The first-order valence-corrected chi connectivity index (χ1v) is 15.6. The summed E-state index contributed by atoms with van der Waals surface area (Å²) in [5, 5.41) is 0. The average Bonchev–Trinajstić information content (AvgIpc) is 3.16. The van der Waals surface area contributed by atoms with Gasteiger partial charge in [-0.15, -0.1) is 44.9 Å². The summed E-state index contributed by atoms with van der Waals surface area (Å²) in [4.78, 5) is 166. The summed E-state index contributed by atoms with van der Waals surface area (Å²) < 4.78 is 1.54. The van der Waals surface area contributed by atoms with E-state index in [-0.39, 0.29) is 250 Å². The maximum Gasteiger partial charge on any atom is 1.00 e. The molecule has 0 aliphatic carbocycles. The van der Waals surface area contributed by atoms with Crippen molar-refractivity contribution in [2.24, 2.45) is 0 Å². The molecule has 0 saturated carbocycles. The summed E-state index contributed by atoms with van der Waals surface area (Å²) in [6.45, 7) is 0. The first-order valence-electron chi connectivity index (χ1n) is 11.8. The van der Waals surface area contributed by atoms with Crippen LogP contribution in [0.2, 0.25) is 0 Å². The molecule has 0 radical (unpaired) electrons. The third kappa shape index (κ3) is 18.5. The van der Waals surface area contributed by atoms with Crippen LogP contribution in [-0.2, 0) is 0 Å². The molecule has 0 amide bonds. The van der Waals surface area contributed by atoms with Gasteiger partial charge in [0.15, 0.2) is 0 Å². The quantitative estimate of drug-likeness (QED) is 0.105. The molecule has 0 aromatic carbocycles. The summed E-state index contributed by atoms with van der Waals surface area (Å²) in [6.07, 6.45) is 0. The third-order valence-electron chi connectivity index (χ3n) is 4.63. The van der Waals surface area contributed by atoms with Crippen molar-refractivity contribution < 1.29 is 206 Å². The van der Waals surface area contributed by atoms with Crippen LogP contribution < -0.4 is 291 Å². The number of H-pyrrole nitrogens is 4. The molecule has 4 N–H and O–H groups in total. The largest absolute Gasteiger partial charge is 1.00 e. The Morgan fingerprint density at radius 3 is 0.383 bits per heavy atom. The van der Waals surface area contributed by atoms with Gasteiger partial charge in [-0.3, -0.25) is 19.9 Å². The van der Waals surface area contributed by atoms with Crippen LogP contribution in [0, 0.1) is 0 Å². The van der Waals surface area contributed by atoms with Gasteiger partial charge in [0.05, 0.1) is 0 Å². The van der Waals surface area contributed by atoms with E-state index in [1.807, 2.05) is 0 Å². The zero-order valence-corrected chi connectivity index (χ0v) is 49.5. The molecule has 5 rings (SSSR count). The molecule has 0 aliphatic rings. The van der Waals surface area contributed by atoms with Gasteiger partial charge in [0, 0.05) is 130 Å². The molecule has 5 heterocycles. The summed E-state index contributed by atoms with van der Waals surface area (Å²) in [5.41, 5.74) is -16.0. The number of aromatic amines is 4. The number of nitrogens with one attached hydrogen (secondary N) is 4. The van der Waals surface area contributed by atoms with Crippen molar-refractivity contribution >= 4 is 130 Å². The van der Waals surface area contributed by atoms with E-state index >= 15 is 0 Å². The zero-order chi connectivity index (χ0) is 43.8. The number of aromatic nitrogens is 15. The van der Waals surface area contributed by atoms with E-state index in [1.54, 1.807) is 19.9 Å². The topological polar surface area (TPSA) is 373 Å². The second kappa shape index (κ2) is 30.9. The average molecular weight is 1180 g/mol. The zero-order valence-electron chi connectivity index (χ0n) is 28.7. The molecule has 60 heavy (non-hydrogen) atoms. The predicted molar refractivity (Wildman–Crippen MR) is 195 cm³/mol. The van der Waals surface area contributed by atoms with Crippen molar-refractivity contribution in [3.63, 3.8) is 0 Å². The minimum Gasteiger partial charge on any atom is -0.257 e. The Balaban J connectivity index is -0.000000321. The smallest absolute Gasteiger partial charge is 0.257 e. The minimum absolute atomic E-state index is 0. The summed E-state index contributed by atoms with van der Waals surface area (Å²) in [6, 6.07) is 0. The first-order chi connectivity index (χ1) is 25.6. The molecule has 306 valence electrons. The Bertz CT molecular complexity index is 2680. The normalized spacial score (nSPS) is 9.38. The number of hydrogen-bond donors (Lipinski definition) is 4. The molecule has 0 atom stereocenters. The predicted octanol–water partition coefficient (Wildman–Crippen LogP) is -18.0. The van der Waals surface area contributed by atoms with Gasteiger partial charge in [0.1, 0.15) is 0 Å². The second-order valence-electron chi connectivity index (χ2n) is 8.01. The van der Waals surface area contributed by atoms with E-state index < -0.39 is 85.3 Å². The fourth-order valence-corrected chi connectivity index (χ4v) is 3.91. The van der Waals surface area contributed by atoms with Crippen LogP contribution in [0.5, 0.6) is 0 Å². The first kappa shape index (κ1) is 68.4. The molecule has 45 heteroatoms.